The number of piperazine rings is 1. The summed E-state index contributed by atoms with van der Waals surface area (Å²) in [6, 6.07) is 13.0. The third kappa shape index (κ3) is 3.48. The molecule has 0 N–H and O–H groups in total. The number of carbonyl (C=O) groups is 2. The van der Waals surface area contributed by atoms with Crippen LogP contribution in [0.15, 0.2) is 48.2 Å². The molecule has 0 radical (unpaired) electrons. The van der Waals surface area contributed by atoms with Gasteiger partial charge in [-0.25, -0.2) is 4.90 Å². The van der Waals surface area contributed by atoms with Gasteiger partial charge in [0.05, 0.1) is 18.4 Å². The van der Waals surface area contributed by atoms with Crippen LogP contribution >= 0.6 is 0 Å². The van der Waals surface area contributed by atoms with Crippen molar-refractivity contribution in [2.75, 3.05) is 45.2 Å². The molecular weight excluding hydrogens is 378 g/mol. The molecule has 2 aromatic carbocycles. The smallest absolute Gasteiger partial charge is 0.282 e. The molecule has 0 saturated carbocycles. The van der Waals surface area contributed by atoms with Crippen molar-refractivity contribution >= 4 is 23.1 Å². The van der Waals surface area contributed by atoms with Crippen molar-refractivity contribution in [3.05, 3.63) is 64.9 Å². The maximum atomic E-state index is 13.6. The lowest BCUT2D eigenvalue weighted by Crippen LogP contribution is -2.46. The van der Waals surface area contributed by atoms with Gasteiger partial charge in [-0.05, 0) is 61.9 Å². The van der Waals surface area contributed by atoms with Crippen molar-refractivity contribution in [3.8, 4) is 5.75 Å². The number of rotatable bonds is 4. The first-order chi connectivity index (χ1) is 14.4. The molecule has 2 aliphatic rings. The SMILES string of the molecule is COc1ccc(N2C(=O)C(c3ccc(C)c(C)c3)=C(N3CCN(C)CC3)C2=O)cc1. The number of aryl methyl sites for hydroxylation is 2. The molecule has 0 unspecified atom stereocenters. The highest BCUT2D eigenvalue weighted by Gasteiger charge is 2.43. The van der Waals surface area contributed by atoms with E-state index in [-0.39, 0.29) is 11.8 Å². The second kappa shape index (κ2) is 7.95. The first-order valence-corrected chi connectivity index (χ1v) is 10.2. The van der Waals surface area contributed by atoms with Crippen LogP contribution in [0, 0.1) is 13.8 Å². The van der Waals surface area contributed by atoms with Crippen LogP contribution in [0.1, 0.15) is 16.7 Å². The average molecular weight is 405 g/mol. The normalized spacial score (nSPS) is 17.9. The number of amides is 2. The van der Waals surface area contributed by atoms with Crippen LogP contribution < -0.4 is 9.64 Å². The summed E-state index contributed by atoms with van der Waals surface area (Å²) in [6.07, 6.45) is 0. The van der Waals surface area contributed by atoms with Crippen molar-refractivity contribution in [2.45, 2.75) is 13.8 Å². The molecule has 0 spiro atoms. The molecule has 0 aliphatic carbocycles. The molecule has 156 valence electrons. The predicted octanol–water partition coefficient (Wildman–Crippen LogP) is 2.84. The van der Waals surface area contributed by atoms with Gasteiger partial charge in [0.15, 0.2) is 0 Å². The van der Waals surface area contributed by atoms with Crippen molar-refractivity contribution in [3.63, 3.8) is 0 Å². The minimum Gasteiger partial charge on any atom is -0.497 e. The van der Waals surface area contributed by atoms with Crippen LogP contribution in [0.3, 0.4) is 0 Å². The zero-order valence-electron chi connectivity index (χ0n) is 17.9. The van der Waals surface area contributed by atoms with Crippen LogP contribution in [0.25, 0.3) is 5.57 Å². The molecule has 30 heavy (non-hydrogen) atoms. The number of hydrogen-bond donors (Lipinski definition) is 0. The van der Waals surface area contributed by atoms with E-state index < -0.39 is 0 Å². The fraction of sp³-hybridized carbons (Fsp3) is 0.333. The molecule has 4 rings (SSSR count). The van der Waals surface area contributed by atoms with Crippen molar-refractivity contribution in [1.82, 2.24) is 9.80 Å². The summed E-state index contributed by atoms with van der Waals surface area (Å²) in [5.41, 5.74) is 4.60. The van der Waals surface area contributed by atoms with E-state index in [0.29, 0.717) is 22.7 Å². The summed E-state index contributed by atoms with van der Waals surface area (Å²) in [7, 11) is 3.66. The lowest BCUT2D eigenvalue weighted by atomic mass is 9.99. The highest BCUT2D eigenvalue weighted by molar-refractivity contribution is 6.45. The zero-order chi connectivity index (χ0) is 21.4. The third-order valence-corrected chi connectivity index (χ3v) is 6.01. The quantitative estimate of drug-likeness (QED) is 0.733. The summed E-state index contributed by atoms with van der Waals surface area (Å²) < 4.78 is 5.21. The standard InChI is InChI=1S/C24H27N3O3/c1-16-5-6-18(15-17(16)2)21-22(26-13-11-25(3)12-14-26)24(29)27(23(21)28)19-7-9-20(30-4)10-8-19/h5-10,15H,11-14H2,1-4H3. The Labute approximate surface area is 177 Å². The fourth-order valence-electron chi connectivity index (χ4n) is 3.96. The second-order valence-corrected chi connectivity index (χ2v) is 7.96. The number of anilines is 1. The molecule has 2 aliphatic heterocycles. The van der Waals surface area contributed by atoms with Crippen molar-refractivity contribution in [2.24, 2.45) is 0 Å². The molecule has 6 nitrogen and oxygen atoms in total. The van der Waals surface area contributed by atoms with Gasteiger partial charge in [0.25, 0.3) is 11.8 Å². The van der Waals surface area contributed by atoms with Crippen LogP contribution in [0.2, 0.25) is 0 Å². The third-order valence-electron chi connectivity index (χ3n) is 6.01. The van der Waals surface area contributed by atoms with Gasteiger partial charge in [-0.1, -0.05) is 18.2 Å². The lowest BCUT2D eigenvalue weighted by Gasteiger charge is -2.34. The van der Waals surface area contributed by atoms with Gasteiger partial charge in [0, 0.05) is 26.2 Å². The number of benzene rings is 2. The molecule has 0 aromatic heterocycles. The monoisotopic (exact) mass is 405 g/mol. The van der Waals surface area contributed by atoms with E-state index in [0.717, 1.165) is 42.9 Å². The van der Waals surface area contributed by atoms with Gasteiger partial charge in [-0.2, -0.15) is 0 Å². The summed E-state index contributed by atoms with van der Waals surface area (Å²) in [6.45, 7) is 7.21. The molecule has 1 saturated heterocycles. The summed E-state index contributed by atoms with van der Waals surface area (Å²) >= 11 is 0. The number of ether oxygens (including phenoxy) is 1. The molecule has 1 fully saturated rings. The van der Waals surface area contributed by atoms with Gasteiger partial charge in [0.2, 0.25) is 0 Å². The zero-order valence-corrected chi connectivity index (χ0v) is 17.9. The van der Waals surface area contributed by atoms with Crippen LogP contribution in [-0.2, 0) is 9.59 Å². The van der Waals surface area contributed by atoms with E-state index in [1.165, 1.54) is 4.90 Å². The number of imide groups is 1. The molecular formula is C24H27N3O3. The van der Waals surface area contributed by atoms with Gasteiger partial charge in [-0.15, -0.1) is 0 Å². The van der Waals surface area contributed by atoms with Crippen LogP contribution in [0.5, 0.6) is 5.75 Å². The van der Waals surface area contributed by atoms with E-state index in [1.54, 1.807) is 31.4 Å². The minimum atomic E-state index is -0.276. The van der Waals surface area contributed by atoms with Gasteiger partial charge in [-0.3, -0.25) is 9.59 Å². The molecule has 2 heterocycles. The van der Waals surface area contributed by atoms with Crippen molar-refractivity contribution in [1.29, 1.82) is 0 Å². The molecule has 6 heteroatoms. The second-order valence-electron chi connectivity index (χ2n) is 7.96. The largest absolute Gasteiger partial charge is 0.497 e. The fourth-order valence-corrected chi connectivity index (χ4v) is 3.96. The lowest BCUT2D eigenvalue weighted by molar-refractivity contribution is -0.120. The Balaban J connectivity index is 1.80. The predicted molar refractivity (Wildman–Crippen MR) is 117 cm³/mol. The molecule has 2 amide bonds. The van der Waals surface area contributed by atoms with Gasteiger partial charge < -0.3 is 14.5 Å². The Hall–Kier alpha value is -3.12. The average Bonchev–Trinajstić information content (AvgIpc) is 3.01. The van der Waals surface area contributed by atoms with Gasteiger partial charge >= 0.3 is 0 Å². The van der Waals surface area contributed by atoms with E-state index in [2.05, 4.69) is 16.8 Å². The molecule has 0 atom stereocenters. The Morgan fingerprint density at radius 2 is 1.50 bits per heavy atom. The van der Waals surface area contributed by atoms with Gasteiger partial charge in [0.1, 0.15) is 11.4 Å². The Bertz CT molecular complexity index is 1020. The topological polar surface area (TPSA) is 53.1 Å². The molecule has 2 aromatic rings. The number of likely N-dealkylation sites (N-methyl/N-ethyl adjacent to an activating group) is 1. The van der Waals surface area contributed by atoms with Crippen molar-refractivity contribution < 1.29 is 14.3 Å². The van der Waals surface area contributed by atoms with Crippen LogP contribution in [-0.4, -0.2) is 62.0 Å². The number of carbonyl (C=O) groups excluding carboxylic acids is 2. The number of nitrogens with zero attached hydrogens (tertiary/aromatic N) is 3. The number of methoxy groups -OCH3 is 1. The highest BCUT2D eigenvalue weighted by Crippen LogP contribution is 2.36. The van der Waals surface area contributed by atoms with E-state index in [4.69, 9.17) is 4.74 Å². The molecule has 0 bridgehead atoms. The first-order valence-electron chi connectivity index (χ1n) is 10.2. The minimum absolute atomic E-state index is 0.261. The summed E-state index contributed by atoms with van der Waals surface area (Å²) in [4.78, 5) is 32.7. The Morgan fingerprint density at radius 1 is 0.833 bits per heavy atom. The van der Waals surface area contributed by atoms with Crippen LogP contribution in [0.4, 0.5) is 5.69 Å². The summed E-state index contributed by atoms with van der Waals surface area (Å²) in [5, 5.41) is 0. The number of hydrogen-bond acceptors (Lipinski definition) is 5. The Kier molecular flexibility index (Phi) is 5.35. The van der Waals surface area contributed by atoms with E-state index >= 15 is 0 Å². The maximum Gasteiger partial charge on any atom is 0.282 e. The first kappa shape index (κ1) is 20.2. The Morgan fingerprint density at radius 3 is 2.10 bits per heavy atom. The summed E-state index contributed by atoms with van der Waals surface area (Å²) in [5.74, 6) is 0.143. The highest BCUT2D eigenvalue weighted by atomic mass is 16.5. The maximum absolute atomic E-state index is 13.6. The van der Waals surface area contributed by atoms with E-state index in [9.17, 15) is 9.59 Å². The van der Waals surface area contributed by atoms with E-state index in [1.807, 2.05) is 32.0 Å².